The summed E-state index contributed by atoms with van der Waals surface area (Å²) in [6, 6.07) is 30.2. The summed E-state index contributed by atoms with van der Waals surface area (Å²) >= 11 is 0. The van der Waals surface area contributed by atoms with Crippen molar-refractivity contribution >= 4 is 0 Å². The van der Waals surface area contributed by atoms with E-state index in [0.717, 1.165) is 28.7 Å². The molecule has 0 spiro atoms. The third-order valence-corrected chi connectivity index (χ3v) is 5.70. The van der Waals surface area contributed by atoms with Gasteiger partial charge in [0, 0.05) is 0 Å². The van der Waals surface area contributed by atoms with Gasteiger partial charge in [0.25, 0.3) is 0 Å². The zero-order valence-electron chi connectivity index (χ0n) is 16.8. The van der Waals surface area contributed by atoms with Gasteiger partial charge in [0.05, 0.1) is 5.41 Å². The fourth-order valence-corrected chi connectivity index (χ4v) is 4.12. The summed E-state index contributed by atoms with van der Waals surface area (Å²) in [4.78, 5) is 0. The average Bonchev–Trinajstić information content (AvgIpc) is 2.78. The van der Waals surface area contributed by atoms with Crippen LogP contribution < -0.4 is 0 Å². The van der Waals surface area contributed by atoms with E-state index in [4.69, 9.17) is 0 Å². The van der Waals surface area contributed by atoms with Crippen molar-refractivity contribution in [1.29, 1.82) is 0 Å². The molecular weight excluding hydrogens is 372 g/mol. The van der Waals surface area contributed by atoms with Gasteiger partial charge < -0.3 is 15.3 Å². The monoisotopic (exact) mass is 396 g/mol. The highest BCUT2D eigenvalue weighted by Gasteiger charge is 2.38. The van der Waals surface area contributed by atoms with E-state index >= 15 is 0 Å². The van der Waals surface area contributed by atoms with Crippen LogP contribution in [0.4, 0.5) is 0 Å². The molecule has 0 saturated heterocycles. The molecule has 0 aliphatic heterocycles. The van der Waals surface area contributed by atoms with E-state index in [2.05, 4.69) is 31.2 Å². The van der Waals surface area contributed by atoms with E-state index in [1.807, 2.05) is 36.4 Å². The summed E-state index contributed by atoms with van der Waals surface area (Å²) < 4.78 is 0. The fourth-order valence-electron chi connectivity index (χ4n) is 4.12. The van der Waals surface area contributed by atoms with Crippen molar-refractivity contribution in [2.45, 2.75) is 18.8 Å². The smallest absolute Gasteiger partial charge is 0.115 e. The molecule has 4 rings (SSSR count). The Morgan fingerprint density at radius 2 is 0.733 bits per heavy atom. The number of rotatable bonds is 5. The first kappa shape index (κ1) is 19.6. The van der Waals surface area contributed by atoms with Gasteiger partial charge in [-0.2, -0.15) is 0 Å². The molecule has 0 heterocycles. The Morgan fingerprint density at radius 3 is 1.00 bits per heavy atom. The van der Waals surface area contributed by atoms with E-state index in [9.17, 15) is 15.3 Å². The molecule has 0 atom stereocenters. The topological polar surface area (TPSA) is 60.7 Å². The predicted octanol–water partition coefficient (Wildman–Crippen LogP) is 5.75. The Kier molecular flexibility index (Phi) is 5.20. The first-order chi connectivity index (χ1) is 14.5. The van der Waals surface area contributed by atoms with Crippen molar-refractivity contribution in [2.75, 3.05) is 0 Å². The van der Waals surface area contributed by atoms with Crippen molar-refractivity contribution in [3.63, 3.8) is 0 Å². The molecule has 150 valence electrons. The second-order valence-corrected chi connectivity index (χ2v) is 7.44. The van der Waals surface area contributed by atoms with Crippen LogP contribution in [0.15, 0.2) is 97.1 Å². The molecule has 0 amide bonds. The predicted molar refractivity (Wildman–Crippen MR) is 119 cm³/mol. The summed E-state index contributed by atoms with van der Waals surface area (Å²) in [6.07, 6.45) is 0.949. The van der Waals surface area contributed by atoms with Crippen molar-refractivity contribution in [3.8, 4) is 17.2 Å². The van der Waals surface area contributed by atoms with Gasteiger partial charge in [0.2, 0.25) is 0 Å². The van der Waals surface area contributed by atoms with Gasteiger partial charge in [0.1, 0.15) is 17.2 Å². The molecule has 0 aliphatic rings. The third-order valence-electron chi connectivity index (χ3n) is 5.70. The SMILES string of the molecule is CCc1ccc(C(c2ccc(O)cc2)(c2ccc(O)cc2)c2ccc(O)cc2)cc1. The normalized spacial score (nSPS) is 11.4. The Bertz CT molecular complexity index is 1000. The summed E-state index contributed by atoms with van der Waals surface area (Å²) in [6.45, 7) is 2.13. The van der Waals surface area contributed by atoms with Gasteiger partial charge >= 0.3 is 0 Å². The quantitative estimate of drug-likeness (QED) is 0.377. The lowest BCUT2D eigenvalue weighted by Gasteiger charge is -2.37. The number of aryl methyl sites for hydroxylation is 1. The molecule has 0 aliphatic carbocycles. The van der Waals surface area contributed by atoms with E-state index in [0.29, 0.717) is 0 Å². The van der Waals surface area contributed by atoms with Crippen LogP contribution in [0.3, 0.4) is 0 Å². The highest BCUT2D eigenvalue weighted by molar-refractivity contribution is 5.61. The number of phenolic OH excluding ortho intramolecular Hbond substituents is 3. The molecule has 3 nitrogen and oxygen atoms in total. The summed E-state index contributed by atoms with van der Waals surface area (Å²) in [5, 5.41) is 29.7. The maximum Gasteiger partial charge on any atom is 0.115 e. The number of phenols is 3. The second kappa shape index (κ2) is 7.96. The highest BCUT2D eigenvalue weighted by Crippen LogP contribution is 2.46. The number of hydrogen-bond donors (Lipinski definition) is 3. The lowest BCUT2D eigenvalue weighted by molar-refractivity contribution is 0.474. The molecule has 0 unspecified atom stereocenters. The van der Waals surface area contributed by atoms with Crippen LogP contribution in [0.2, 0.25) is 0 Å². The van der Waals surface area contributed by atoms with Gasteiger partial charge in [-0.1, -0.05) is 67.6 Å². The second-order valence-electron chi connectivity index (χ2n) is 7.44. The Balaban J connectivity index is 2.09. The van der Waals surface area contributed by atoms with Crippen molar-refractivity contribution in [3.05, 3.63) is 125 Å². The fraction of sp³-hybridized carbons (Fsp3) is 0.111. The van der Waals surface area contributed by atoms with Gasteiger partial charge in [-0.05, 0) is 70.6 Å². The molecule has 0 aromatic heterocycles. The zero-order chi connectivity index (χ0) is 21.1. The van der Waals surface area contributed by atoms with E-state index in [1.54, 1.807) is 36.4 Å². The molecular formula is C27H24O3. The van der Waals surface area contributed by atoms with Gasteiger partial charge in [0.15, 0.2) is 0 Å². The minimum absolute atomic E-state index is 0.199. The van der Waals surface area contributed by atoms with Gasteiger partial charge in [-0.15, -0.1) is 0 Å². The highest BCUT2D eigenvalue weighted by atomic mass is 16.3. The van der Waals surface area contributed by atoms with Gasteiger partial charge in [-0.25, -0.2) is 0 Å². The van der Waals surface area contributed by atoms with Gasteiger partial charge in [-0.3, -0.25) is 0 Å². The van der Waals surface area contributed by atoms with Crippen LogP contribution in [0.5, 0.6) is 17.2 Å². The van der Waals surface area contributed by atoms with Crippen LogP contribution in [0.25, 0.3) is 0 Å². The number of benzene rings is 4. The van der Waals surface area contributed by atoms with Crippen LogP contribution in [0, 0.1) is 0 Å². The lowest BCUT2D eigenvalue weighted by atomic mass is 9.65. The Hall–Kier alpha value is -3.72. The molecule has 0 radical (unpaired) electrons. The molecule has 0 bridgehead atoms. The minimum Gasteiger partial charge on any atom is -0.508 e. The molecule has 3 heteroatoms. The largest absolute Gasteiger partial charge is 0.508 e. The summed E-state index contributed by atoms with van der Waals surface area (Å²) in [7, 11) is 0. The standard InChI is InChI=1S/C27H24O3/c1-2-19-3-5-20(6-4-19)27(21-7-13-24(28)14-8-21,22-9-15-25(29)16-10-22)23-11-17-26(30)18-12-23/h3-18,28-30H,2H2,1H3. The van der Waals surface area contributed by atoms with E-state index < -0.39 is 5.41 Å². The number of hydrogen-bond acceptors (Lipinski definition) is 3. The molecule has 0 fully saturated rings. The Morgan fingerprint density at radius 1 is 0.467 bits per heavy atom. The molecule has 0 saturated carbocycles. The van der Waals surface area contributed by atoms with Crippen LogP contribution in [-0.4, -0.2) is 15.3 Å². The zero-order valence-corrected chi connectivity index (χ0v) is 16.8. The summed E-state index contributed by atoms with van der Waals surface area (Å²) in [5.74, 6) is 0.598. The average molecular weight is 396 g/mol. The van der Waals surface area contributed by atoms with E-state index in [1.165, 1.54) is 5.56 Å². The van der Waals surface area contributed by atoms with E-state index in [-0.39, 0.29) is 17.2 Å². The summed E-state index contributed by atoms with van der Waals surface area (Å²) in [5.41, 5.74) is 4.53. The number of aromatic hydroxyl groups is 3. The molecule has 3 N–H and O–H groups in total. The maximum absolute atomic E-state index is 9.91. The van der Waals surface area contributed by atoms with Crippen molar-refractivity contribution < 1.29 is 15.3 Å². The first-order valence-corrected chi connectivity index (χ1v) is 10.0. The lowest BCUT2D eigenvalue weighted by Crippen LogP contribution is -2.31. The molecule has 30 heavy (non-hydrogen) atoms. The minimum atomic E-state index is -0.693. The van der Waals surface area contributed by atoms with Crippen molar-refractivity contribution in [1.82, 2.24) is 0 Å². The third kappa shape index (κ3) is 3.39. The molecule has 4 aromatic rings. The van der Waals surface area contributed by atoms with Crippen molar-refractivity contribution in [2.24, 2.45) is 0 Å². The molecule has 4 aromatic carbocycles. The van der Waals surface area contributed by atoms with Crippen LogP contribution in [0.1, 0.15) is 34.7 Å². The van der Waals surface area contributed by atoms with Crippen LogP contribution >= 0.6 is 0 Å². The van der Waals surface area contributed by atoms with Crippen LogP contribution in [-0.2, 0) is 11.8 Å². The Labute approximate surface area is 176 Å². The maximum atomic E-state index is 9.91. The first-order valence-electron chi connectivity index (χ1n) is 10.0.